The summed E-state index contributed by atoms with van der Waals surface area (Å²) in [7, 11) is 0. The van der Waals surface area contributed by atoms with Crippen molar-refractivity contribution in [2.24, 2.45) is 11.5 Å². The van der Waals surface area contributed by atoms with E-state index in [1.54, 1.807) is 0 Å². The van der Waals surface area contributed by atoms with Crippen molar-refractivity contribution in [1.82, 2.24) is 0 Å². The number of esters is 1. The van der Waals surface area contributed by atoms with Crippen LogP contribution in [0.25, 0.3) is 0 Å². The number of rotatable bonds is 7. The van der Waals surface area contributed by atoms with Crippen LogP contribution in [0.3, 0.4) is 0 Å². The number of carbonyl (C=O) groups is 1. The fourth-order valence-electron chi connectivity index (χ4n) is 0.895. The van der Waals surface area contributed by atoms with Gasteiger partial charge in [-0.2, -0.15) is 0 Å². The summed E-state index contributed by atoms with van der Waals surface area (Å²) in [6.45, 7) is 2.63. The summed E-state index contributed by atoms with van der Waals surface area (Å²) in [6, 6.07) is 0. The fourth-order valence-corrected chi connectivity index (χ4v) is 0.895. The maximum absolute atomic E-state index is 11.0. The first-order valence-electron chi connectivity index (χ1n) is 4.83. The molecule has 0 radical (unpaired) electrons. The van der Waals surface area contributed by atoms with Crippen molar-refractivity contribution in [2.45, 2.75) is 45.2 Å². The molecule has 0 aromatic rings. The molecule has 0 aromatic heterocycles. The lowest BCUT2D eigenvalue weighted by Gasteiger charge is -2.05. The molecule has 0 saturated carbocycles. The van der Waals surface area contributed by atoms with E-state index >= 15 is 0 Å². The van der Waals surface area contributed by atoms with Gasteiger partial charge in [0.1, 0.15) is 0 Å². The second-order valence-corrected chi connectivity index (χ2v) is 3.13. The number of carbonyl (C=O) groups excluding carboxylic acids is 1. The van der Waals surface area contributed by atoms with E-state index in [2.05, 4.69) is 6.92 Å². The van der Waals surface area contributed by atoms with E-state index in [0.717, 1.165) is 19.3 Å². The van der Waals surface area contributed by atoms with E-state index < -0.39 is 6.17 Å². The summed E-state index contributed by atoms with van der Waals surface area (Å²) < 4.78 is 4.94. The lowest BCUT2D eigenvalue weighted by atomic mass is 10.2. The minimum atomic E-state index is -0.414. The van der Waals surface area contributed by atoms with Crippen LogP contribution >= 0.6 is 0 Å². The smallest absolute Gasteiger partial charge is 0.305 e. The maximum Gasteiger partial charge on any atom is 0.305 e. The van der Waals surface area contributed by atoms with Gasteiger partial charge in [-0.1, -0.05) is 19.8 Å². The lowest BCUT2D eigenvalue weighted by molar-refractivity contribution is -0.144. The average molecular weight is 188 g/mol. The van der Waals surface area contributed by atoms with Gasteiger partial charge in [0.05, 0.1) is 12.8 Å². The van der Waals surface area contributed by atoms with Crippen LogP contribution in [-0.4, -0.2) is 18.7 Å². The van der Waals surface area contributed by atoms with Gasteiger partial charge >= 0.3 is 5.97 Å². The van der Waals surface area contributed by atoms with Crippen molar-refractivity contribution in [3.05, 3.63) is 0 Å². The molecule has 13 heavy (non-hydrogen) atoms. The van der Waals surface area contributed by atoms with Gasteiger partial charge in [-0.25, -0.2) is 0 Å². The zero-order valence-electron chi connectivity index (χ0n) is 8.29. The largest absolute Gasteiger partial charge is 0.466 e. The number of ether oxygens (including phenoxy) is 1. The summed E-state index contributed by atoms with van der Waals surface area (Å²) in [5, 5.41) is 0. The quantitative estimate of drug-likeness (QED) is 0.351. The van der Waals surface area contributed by atoms with Crippen LogP contribution < -0.4 is 11.5 Å². The molecular weight excluding hydrogens is 168 g/mol. The summed E-state index contributed by atoms with van der Waals surface area (Å²) in [4.78, 5) is 11.0. The number of unbranched alkanes of at least 4 members (excludes halogenated alkanes) is 2. The monoisotopic (exact) mass is 188 g/mol. The maximum atomic E-state index is 11.0. The molecule has 0 aliphatic heterocycles. The minimum absolute atomic E-state index is 0.197. The van der Waals surface area contributed by atoms with Crippen molar-refractivity contribution in [1.29, 1.82) is 0 Å². The van der Waals surface area contributed by atoms with E-state index in [4.69, 9.17) is 16.2 Å². The SMILES string of the molecule is CCCCCOC(=O)CCC(N)N. The molecule has 78 valence electrons. The zero-order chi connectivity index (χ0) is 10.1. The third kappa shape index (κ3) is 9.30. The van der Waals surface area contributed by atoms with Crippen molar-refractivity contribution in [2.75, 3.05) is 6.61 Å². The topological polar surface area (TPSA) is 78.3 Å². The summed E-state index contributed by atoms with van der Waals surface area (Å²) in [6.07, 6.45) is 3.57. The van der Waals surface area contributed by atoms with Crippen LogP contribution in [0.4, 0.5) is 0 Å². The van der Waals surface area contributed by atoms with Gasteiger partial charge in [0, 0.05) is 6.42 Å². The Kier molecular flexibility index (Phi) is 7.63. The fraction of sp³-hybridized carbons (Fsp3) is 0.889. The lowest BCUT2D eigenvalue weighted by Crippen LogP contribution is -2.31. The number of nitrogens with two attached hydrogens (primary N) is 2. The molecule has 0 unspecified atom stereocenters. The third-order valence-corrected chi connectivity index (χ3v) is 1.69. The average Bonchev–Trinajstić information content (AvgIpc) is 2.09. The van der Waals surface area contributed by atoms with Gasteiger partial charge in [0.25, 0.3) is 0 Å². The van der Waals surface area contributed by atoms with E-state index in [9.17, 15) is 4.79 Å². The van der Waals surface area contributed by atoms with E-state index in [1.165, 1.54) is 0 Å². The van der Waals surface area contributed by atoms with Gasteiger partial charge in [-0.3, -0.25) is 4.79 Å². The second kappa shape index (κ2) is 8.01. The molecular formula is C9H20N2O2. The normalized spacial score (nSPS) is 10.5. The highest BCUT2D eigenvalue weighted by molar-refractivity contribution is 5.69. The van der Waals surface area contributed by atoms with Crippen LogP contribution in [0.2, 0.25) is 0 Å². The Balaban J connectivity index is 3.20. The van der Waals surface area contributed by atoms with E-state index in [0.29, 0.717) is 19.4 Å². The van der Waals surface area contributed by atoms with Crippen molar-refractivity contribution in [3.63, 3.8) is 0 Å². The second-order valence-electron chi connectivity index (χ2n) is 3.13. The van der Waals surface area contributed by atoms with Crippen LogP contribution in [0, 0.1) is 0 Å². The molecule has 4 N–H and O–H groups in total. The first kappa shape index (κ1) is 12.4. The van der Waals surface area contributed by atoms with Gasteiger partial charge < -0.3 is 16.2 Å². The number of hydrogen-bond acceptors (Lipinski definition) is 4. The van der Waals surface area contributed by atoms with Crippen molar-refractivity contribution >= 4 is 5.97 Å². The Hall–Kier alpha value is -0.610. The molecule has 0 aromatic carbocycles. The summed E-state index contributed by atoms with van der Waals surface area (Å²) in [5.74, 6) is -0.197. The number of hydrogen-bond donors (Lipinski definition) is 2. The van der Waals surface area contributed by atoms with Gasteiger partial charge in [-0.05, 0) is 12.8 Å². The molecule has 0 amide bonds. The van der Waals surface area contributed by atoms with Gasteiger partial charge in [-0.15, -0.1) is 0 Å². The molecule has 0 aliphatic carbocycles. The van der Waals surface area contributed by atoms with Crippen LogP contribution in [0.1, 0.15) is 39.0 Å². The summed E-state index contributed by atoms with van der Waals surface area (Å²) >= 11 is 0. The van der Waals surface area contributed by atoms with E-state index in [-0.39, 0.29) is 5.97 Å². The molecule has 4 nitrogen and oxygen atoms in total. The van der Waals surface area contributed by atoms with Gasteiger partial charge in [0.15, 0.2) is 0 Å². The Labute approximate surface area is 79.6 Å². The molecule has 4 heteroatoms. The molecule has 0 aliphatic rings. The molecule has 0 heterocycles. The van der Waals surface area contributed by atoms with E-state index in [1.807, 2.05) is 0 Å². The molecule has 0 bridgehead atoms. The Bertz CT molecular complexity index is 138. The molecule has 0 atom stereocenters. The highest BCUT2D eigenvalue weighted by Gasteiger charge is 2.03. The zero-order valence-corrected chi connectivity index (χ0v) is 8.29. The standard InChI is InChI=1S/C9H20N2O2/c1-2-3-4-7-13-9(12)6-5-8(10)11/h8H,2-7,10-11H2,1H3. The predicted molar refractivity (Wildman–Crippen MR) is 51.9 cm³/mol. The predicted octanol–water partition coefficient (Wildman–Crippen LogP) is 0.744. The Morgan fingerprint density at radius 1 is 1.38 bits per heavy atom. The van der Waals surface area contributed by atoms with Gasteiger partial charge in [0.2, 0.25) is 0 Å². The van der Waals surface area contributed by atoms with Crippen molar-refractivity contribution < 1.29 is 9.53 Å². The van der Waals surface area contributed by atoms with Crippen LogP contribution in [-0.2, 0) is 9.53 Å². The van der Waals surface area contributed by atoms with Crippen LogP contribution in [0.5, 0.6) is 0 Å². The Morgan fingerprint density at radius 3 is 2.62 bits per heavy atom. The van der Waals surface area contributed by atoms with Crippen molar-refractivity contribution in [3.8, 4) is 0 Å². The molecule has 0 spiro atoms. The Morgan fingerprint density at radius 2 is 2.08 bits per heavy atom. The molecule has 0 fully saturated rings. The third-order valence-electron chi connectivity index (χ3n) is 1.69. The molecule has 0 saturated heterocycles. The highest BCUT2D eigenvalue weighted by atomic mass is 16.5. The first-order chi connectivity index (χ1) is 6.16. The minimum Gasteiger partial charge on any atom is -0.466 e. The highest BCUT2D eigenvalue weighted by Crippen LogP contribution is 1.97. The first-order valence-corrected chi connectivity index (χ1v) is 4.83. The summed E-state index contributed by atoms with van der Waals surface area (Å²) in [5.41, 5.74) is 10.6. The molecule has 0 rings (SSSR count). The van der Waals surface area contributed by atoms with Crippen LogP contribution in [0.15, 0.2) is 0 Å².